The Labute approximate surface area is 334 Å². The lowest BCUT2D eigenvalue weighted by Crippen LogP contribution is -2.30. The molecule has 0 fully saturated rings. The van der Waals surface area contributed by atoms with Crippen LogP contribution >= 0.6 is 0 Å². The summed E-state index contributed by atoms with van der Waals surface area (Å²) in [6, 6.07) is 0. The molecule has 0 aromatic heterocycles. The molecule has 54 heavy (non-hydrogen) atoms. The lowest BCUT2D eigenvalue weighted by Gasteiger charge is -2.18. The molecule has 5 nitrogen and oxygen atoms in total. The van der Waals surface area contributed by atoms with Crippen LogP contribution in [-0.2, 0) is 23.8 Å². The van der Waals surface area contributed by atoms with Crippen molar-refractivity contribution in [2.45, 2.75) is 219 Å². The molecule has 0 saturated carbocycles. The van der Waals surface area contributed by atoms with Gasteiger partial charge in [-0.3, -0.25) is 9.59 Å². The van der Waals surface area contributed by atoms with E-state index in [0.29, 0.717) is 19.4 Å². The summed E-state index contributed by atoms with van der Waals surface area (Å²) in [5, 5.41) is 0. The minimum absolute atomic E-state index is 0.0692. The van der Waals surface area contributed by atoms with Crippen molar-refractivity contribution in [3.05, 3.63) is 60.8 Å². The Bertz CT molecular complexity index is 946. The zero-order valence-electron chi connectivity index (χ0n) is 35.7. The largest absolute Gasteiger partial charge is 0.462 e. The van der Waals surface area contributed by atoms with Crippen LogP contribution in [-0.4, -0.2) is 37.9 Å². The van der Waals surface area contributed by atoms with E-state index in [1.807, 2.05) is 0 Å². The Morgan fingerprint density at radius 3 is 1.31 bits per heavy atom. The summed E-state index contributed by atoms with van der Waals surface area (Å²) in [7, 11) is 0. The molecule has 0 saturated heterocycles. The maximum Gasteiger partial charge on any atom is 0.306 e. The summed E-state index contributed by atoms with van der Waals surface area (Å²) in [6.45, 7) is 7.62. The number of unbranched alkanes of at least 4 members (excludes halogenated alkanes) is 20. The van der Waals surface area contributed by atoms with Gasteiger partial charge in [0.25, 0.3) is 0 Å². The van der Waals surface area contributed by atoms with Crippen LogP contribution in [0.25, 0.3) is 0 Å². The quantitative estimate of drug-likeness (QED) is 0.0353. The van der Waals surface area contributed by atoms with E-state index in [2.05, 4.69) is 81.5 Å². The lowest BCUT2D eigenvalue weighted by molar-refractivity contribution is -0.163. The topological polar surface area (TPSA) is 61.8 Å². The lowest BCUT2D eigenvalue weighted by atomic mass is 10.1. The molecule has 5 heteroatoms. The number of carbonyl (C=O) groups excluding carboxylic acids is 2. The SMILES string of the molecule is CCC/C=C\C/C=C\CCCCCCCCOCC(COC(=O)CCCCCCC/C=C\C/C=C\CCC)OC(=O)CCCCCCC/C=C\CCCC. The summed E-state index contributed by atoms with van der Waals surface area (Å²) in [4.78, 5) is 25.2. The van der Waals surface area contributed by atoms with Gasteiger partial charge in [-0.25, -0.2) is 0 Å². The van der Waals surface area contributed by atoms with E-state index in [9.17, 15) is 9.59 Å². The van der Waals surface area contributed by atoms with Crippen LogP contribution in [0.15, 0.2) is 60.8 Å². The van der Waals surface area contributed by atoms with Crippen molar-refractivity contribution in [2.24, 2.45) is 0 Å². The molecule has 312 valence electrons. The van der Waals surface area contributed by atoms with Crippen molar-refractivity contribution < 1.29 is 23.8 Å². The summed E-state index contributed by atoms with van der Waals surface area (Å²) >= 11 is 0. The third-order valence-corrected chi connectivity index (χ3v) is 9.46. The average Bonchev–Trinajstić information content (AvgIpc) is 3.17. The van der Waals surface area contributed by atoms with Crippen LogP contribution in [0.2, 0.25) is 0 Å². The van der Waals surface area contributed by atoms with Gasteiger partial charge in [0, 0.05) is 19.4 Å². The van der Waals surface area contributed by atoms with Crippen molar-refractivity contribution in [1.29, 1.82) is 0 Å². The number of rotatable bonds is 41. The fourth-order valence-electron chi connectivity index (χ4n) is 6.04. The number of hydrogen-bond acceptors (Lipinski definition) is 5. The second-order valence-corrected chi connectivity index (χ2v) is 14.9. The Balaban J connectivity index is 4.30. The van der Waals surface area contributed by atoms with E-state index >= 15 is 0 Å². The molecule has 0 radical (unpaired) electrons. The van der Waals surface area contributed by atoms with Gasteiger partial charge >= 0.3 is 11.9 Å². The minimum Gasteiger partial charge on any atom is -0.462 e. The second kappa shape index (κ2) is 45.0. The Morgan fingerprint density at radius 1 is 0.407 bits per heavy atom. The summed E-state index contributed by atoms with van der Waals surface area (Å²) < 4.78 is 17.3. The molecule has 0 spiro atoms. The highest BCUT2D eigenvalue weighted by atomic mass is 16.6. The van der Waals surface area contributed by atoms with Gasteiger partial charge in [-0.1, -0.05) is 171 Å². The second-order valence-electron chi connectivity index (χ2n) is 14.9. The van der Waals surface area contributed by atoms with Crippen LogP contribution in [0.4, 0.5) is 0 Å². The number of allylic oxidation sites excluding steroid dienone is 10. The highest BCUT2D eigenvalue weighted by Gasteiger charge is 2.17. The van der Waals surface area contributed by atoms with E-state index in [4.69, 9.17) is 14.2 Å². The first-order valence-electron chi connectivity index (χ1n) is 22.8. The zero-order chi connectivity index (χ0) is 39.3. The van der Waals surface area contributed by atoms with Gasteiger partial charge in [-0.15, -0.1) is 0 Å². The maximum absolute atomic E-state index is 12.7. The molecule has 0 aliphatic carbocycles. The van der Waals surface area contributed by atoms with Gasteiger partial charge in [0.15, 0.2) is 6.10 Å². The molecule has 0 aliphatic rings. The fourth-order valence-corrected chi connectivity index (χ4v) is 6.04. The van der Waals surface area contributed by atoms with Crippen molar-refractivity contribution >= 4 is 11.9 Å². The highest BCUT2D eigenvalue weighted by molar-refractivity contribution is 5.70. The van der Waals surface area contributed by atoms with Gasteiger partial charge in [0.05, 0.1) is 6.61 Å². The van der Waals surface area contributed by atoms with Crippen LogP contribution < -0.4 is 0 Å². The van der Waals surface area contributed by atoms with Crippen molar-refractivity contribution in [3.63, 3.8) is 0 Å². The van der Waals surface area contributed by atoms with E-state index in [-0.39, 0.29) is 25.2 Å². The predicted octanol–water partition coefficient (Wildman–Crippen LogP) is 15.0. The smallest absolute Gasteiger partial charge is 0.306 e. The third-order valence-electron chi connectivity index (χ3n) is 9.46. The predicted molar refractivity (Wildman–Crippen MR) is 233 cm³/mol. The van der Waals surface area contributed by atoms with Crippen molar-refractivity contribution in [2.75, 3.05) is 19.8 Å². The van der Waals surface area contributed by atoms with Crippen LogP contribution in [0.3, 0.4) is 0 Å². The first-order valence-corrected chi connectivity index (χ1v) is 22.8. The first-order chi connectivity index (χ1) is 26.6. The van der Waals surface area contributed by atoms with E-state index < -0.39 is 6.10 Å². The molecule has 0 amide bonds. The van der Waals surface area contributed by atoms with Gasteiger partial charge < -0.3 is 14.2 Å². The van der Waals surface area contributed by atoms with Gasteiger partial charge in [0.1, 0.15) is 6.61 Å². The van der Waals surface area contributed by atoms with Crippen molar-refractivity contribution in [1.82, 2.24) is 0 Å². The van der Waals surface area contributed by atoms with Gasteiger partial charge in [-0.2, -0.15) is 0 Å². The molecule has 0 aromatic carbocycles. The minimum atomic E-state index is -0.550. The molecule has 0 N–H and O–H groups in total. The fraction of sp³-hybridized carbons (Fsp3) is 0.755. The Morgan fingerprint density at radius 2 is 0.815 bits per heavy atom. The first kappa shape index (κ1) is 51.6. The summed E-state index contributed by atoms with van der Waals surface area (Å²) in [5.41, 5.74) is 0. The molecular weight excluding hydrogens is 669 g/mol. The molecule has 0 aromatic rings. The molecule has 0 aliphatic heterocycles. The van der Waals surface area contributed by atoms with Crippen LogP contribution in [0.5, 0.6) is 0 Å². The number of ether oxygens (including phenoxy) is 3. The van der Waals surface area contributed by atoms with Crippen molar-refractivity contribution in [3.8, 4) is 0 Å². The maximum atomic E-state index is 12.7. The van der Waals surface area contributed by atoms with Gasteiger partial charge in [-0.05, 0) is 89.9 Å². The molecule has 0 heterocycles. The van der Waals surface area contributed by atoms with Crippen LogP contribution in [0, 0.1) is 0 Å². The number of hydrogen-bond donors (Lipinski definition) is 0. The molecule has 1 atom stereocenters. The average molecular weight is 755 g/mol. The summed E-state index contributed by atoms with van der Waals surface area (Å²) in [5.74, 6) is -0.432. The highest BCUT2D eigenvalue weighted by Crippen LogP contribution is 2.13. The normalized spacial score (nSPS) is 12.7. The molecular formula is C49H86O5. The molecule has 0 bridgehead atoms. The monoisotopic (exact) mass is 755 g/mol. The van der Waals surface area contributed by atoms with E-state index in [1.54, 1.807) is 0 Å². The van der Waals surface area contributed by atoms with Crippen LogP contribution in [0.1, 0.15) is 213 Å². The van der Waals surface area contributed by atoms with E-state index in [1.165, 1.54) is 103 Å². The van der Waals surface area contributed by atoms with E-state index in [0.717, 1.165) is 77.0 Å². The Hall–Kier alpha value is -2.40. The zero-order valence-corrected chi connectivity index (χ0v) is 35.7. The third kappa shape index (κ3) is 42.3. The number of carbonyl (C=O) groups is 2. The molecule has 1 unspecified atom stereocenters. The summed E-state index contributed by atoms with van der Waals surface area (Å²) in [6.07, 6.45) is 55.0. The Kier molecular flexibility index (Phi) is 43.0. The standard InChI is InChI=1S/C49H86O5/c1-4-7-10-13-16-19-22-24-26-29-32-35-38-41-44-52-45-47(54-49(51)43-40-37-34-31-27-21-18-15-12-9-6-3)46-53-48(50)42-39-36-33-30-28-25-23-20-17-14-11-8-5-2/h10-11,13-15,18-20,22-23,47H,4-9,12,16-17,21,24-46H2,1-3H3/b13-10-,14-11-,18-15-,22-19-,23-20-. The number of esters is 2. The van der Waals surface area contributed by atoms with Gasteiger partial charge in [0.2, 0.25) is 0 Å². The molecule has 0 rings (SSSR count).